The van der Waals surface area contributed by atoms with Gasteiger partial charge < -0.3 is 114 Å². The van der Waals surface area contributed by atoms with Crippen LogP contribution in [0.4, 0.5) is 5.69 Å². The monoisotopic (exact) mass is 1290 g/mol. The highest BCUT2D eigenvalue weighted by Crippen LogP contribution is 2.29. The number of likely N-dealkylation sites (N-methyl/N-ethyl adjacent to an activating group) is 1. The number of imidazole rings is 2. The number of hydrogen-bond donors (Lipinski definition) is 18. The lowest BCUT2D eigenvalue weighted by Gasteiger charge is -2.34. The molecule has 1 aliphatic rings. The Hall–Kier alpha value is -10.7. The number of guanidine groups is 5. The van der Waals surface area contributed by atoms with Gasteiger partial charge in [0.05, 0.1) is 28.7 Å². The third-order valence-corrected chi connectivity index (χ3v) is 15.0. The molecule has 3 aromatic carbocycles. The molecule has 0 spiro atoms. The first-order valence-electron chi connectivity index (χ1n) is 30.8. The van der Waals surface area contributed by atoms with Gasteiger partial charge in [-0.3, -0.25) is 53.7 Å². The topological polar surface area (TPSA) is 584 Å². The molecule has 6 rings (SSSR count). The highest BCUT2D eigenvalue weighted by Gasteiger charge is 2.32. The molecule has 0 saturated carbocycles. The van der Waals surface area contributed by atoms with Crippen molar-refractivity contribution in [2.45, 2.75) is 107 Å². The summed E-state index contributed by atoms with van der Waals surface area (Å²) in [6.07, 6.45) is 1.09. The summed E-state index contributed by atoms with van der Waals surface area (Å²) in [5.41, 5.74) is 67.2. The van der Waals surface area contributed by atoms with Crippen molar-refractivity contribution in [3.63, 3.8) is 0 Å². The summed E-state index contributed by atoms with van der Waals surface area (Å²) in [4.78, 5) is 124. The van der Waals surface area contributed by atoms with Crippen molar-refractivity contribution in [1.29, 1.82) is 0 Å². The lowest BCUT2D eigenvalue weighted by atomic mass is 10.0. The molecule has 0 bridgehead atoms. The zero-order valence-corrected chi connectivity index (χ0v) is 52.5. The number of ether oxygens (including phenoxy) is 1. The summed E-state index contributed by atoms with van der Waals surface area (Å²) in [6, 6.07) is 13.2. The quantitative estimate of drug-likeness (QED) is 0.0105. The Kier molecular flexibility index (Phi) is 27.8. The number of H-pyrrole nitrogens is 2. The molecular formula is C59H91N27O7. The van der Waals surface area contributed by atoms with Gasteiger partial charge in [0.25, 0.3) is 0 Å². The molecule has 504 valence electrons. The van der Waals surface area contributed by atoms with Crippen LogP contribution < -0.4 is 99.3 Å². The minimum Gasteiger partial charge on any atom is -0.494 e. The number of hydrogen-bond acceptors (Lipinski definition) is 16. The first kappa shape index (κ1) is 71.4. The molecule has 93 heavy (non-hydrogen) atoms. The van der Waals surface area contributed by atoms with Crippen molar-refractivity contribution in [1.82, 2.24) is 51.4 Å². The van der Waals surface area contributed by atoms with Gasteiger partial charge in [0, 0.05) is 82.1 Å². The fourth-order valence-corrected chi connectivity index (χ4v) is 10.1. The van der Waals surface area contributed by atoms with Crippen LogP contribution in [0, 0.1) is 0 Å². The number of benzene rings is 3. The third-order valence-electron chi connectivity index (χ3n) is 15.0. The maximum Gasteiger partial charge on any atom is 0.243 e. The molecule has 1 aliphatic heterocycles. The molecule has 5 unspecified atom stereocenters. The van der Waals surface area contributed by atoms with E-state index in [9.17, 15) is 28.8 Å². The van der Waals surface area contributed by atoms with Crippen LogP contribution in [-0.4, -0.2) is 193 Å². The Morgan fingerprint density at radius 2 is 0.882 bits per heavy atom. The largest absolute Gasteiger partial charge is 0.494 e. The highest BCUT2D eigenvalue weighted by molar-refractivity contribution is 5.96. The second-order valence-corrected chi connectivity index (χ2v) is 22.4. The molecule has 1 saturated heterocycles. The first-order chi connectivity index (χ1) is 44.5. The van der Waals surface area contributed by atoms with E-state index in [0.717, 1.165) is 70.9 Å². The van der Waals surface area contributed by atoms with Gasteiger partial charge >= 0.3 is 0 Å². The highest BCUT2D eigenvalue weighted by atomic mass is 16.5. The van der Waals surface area contributed by atoms with Gasteiger partial charge in [-0.05, 0) is 126 Å². The average molecular weight is 1290 g/mol. The number of aliphatic imine (C=N–C) groups is 5. The van der Waals surface area contributed by atoms with Gasteiger partial charge in [0.1, 0.15) is 47.6 Å². The predicted molar refractivity (Wildman–Crippen MR) is 359 cm³/mol. The van der Waals surface area contributed by atoms with Gasteiger partial charge in [-0.15, -0.1) is 0 Å². The van der Waals surface area contributed by atoms with Crippen LogP contribution in [0.3, 0.4) is 0 Å². The van der Waals surface area contributed by atoms with Crippen LogP contribution in [0.25, 0.3) is 44.8 Å². The molecule has 29 N–H and O–H groups in total. The van der Waals surface area contributed by atoms with E-state index in [0.29, 0.717) is 11.6 Å². The average Bonchev–Trinajstić information content (AvgIpc) is 1.66. The zero-order chi connectivity index (χ0) is 67.4. The molecule has 0 aliphatic carbocycles. The number of nitrogens with zero attached hydrogens (tertiary/aromatic N) is 9. The number of piperazine rings is 1. The molecule has 2 aromatic heterocycles. The number of carbonyl (C=O) groups is 6. The normalized spacial score (nSPS) is 13.8. The van der Waals surface area contributed by atoms with Crippen molar-refractivity contribution in [3.05, 3.63) is 60.7 Å². The van der Waals surface area contributed by atoms with Crippen molar-refractivity contribution in [2.75, 3.05) is 77.5 Å². The van der Waals surface area contributed by atoms with E-state index in [1.54, 1.807) is 6.07 Å². The molecular weight excluding hydrogens is 1200 g/mol. The number of nitrogens with one attached hydrogen (secondary N) is 7. The number of aromatic nitrogens is 4. The SMILES string of the molecule is CN1CCN(c2ccc3nc(-c4ccc5nc(-c6cccc(OCCCC(=O)NC(CCCN=C(N)N)C(=O)NC(CCCN=C(N)N)C(=O)NC(CCCN=C(N)N)C(=O)NC(CCCN=C(N)N)C(=O)NC(CCCN=C(N)N)C(N)=O)c6)[nH]c5c4)[nH]c3c2)CC1. The summed E-state index contributed by atoms with van der Waals surface area (Å²) >= 11 is 0. The van der Waals surface area contributed by atoms with E-state index in [4.69, 9.17) is 77.8 Å². The number of amides is 6. The van der Waals surface area contributed by atoms with E-state index >= 15 is 0 Å². The lowest BCUT2D eigenvalue weighted by molar-refractivity contribution is -0.135. The third kappa shape index (κ3) is 24.2. The van der Waals surface area contributed by atoms with E-state index in [1.165, 1.54) is 0 Å². The minimum absolute atomic E-state index is 0.0382. The number of aromatic amines is 2. The summed E-state index contributed by atoms with van der Waals surface area (Å²) in [6.45, 7) is 4.51. The van der Waals surface area contributed by atoms with E-state index in [-0.39, 0.29) is 146 Å². The number of carbonyl (C=O) groups excluding carboxylic acids is 6. The summed E-state index contributed by atoms with van der Waals surface area (Å²) in [5, 5.41) is 13.5. The number of rotatable bonds is 38. The summed E-state index contributed by atoms with van der Waals surface area (Å²) in [7, 11) is 2.14. The van der Waals surface area contributed by atoms with Crippen molar-refractivity contribution in [2.24, 2.45) is 88.0 Å². The van der Waals surface area contributed by atoms with Crippen LogP contribution in [-0.2, 0) is 28.8 Å². The summed E-state index contributed by atoms with van der Waals surface area (Å²) in [5.74, 6) is -3.61. The number of anilines is 1. The Morgan fingerprint density at radius 3 is 1.32 bits per heavy atom. The maximum atomic E-state index is 14.5. The van der Waals surface area contributed by atoms with Gasteiger partial charge in [-0.2, -0.15) is 0 Å². The van der Waals surface area contributed by atoms with Crippen LogP contribution in [0.15, 0.2) is 85.6 Å². The Bertz CT molecular complexity index is 3460. The second kappa shape index (κ2) is 36.2. The number of primary amides is 1. The standard InChI is InChI=1S/C59H91N27O7/c1-85-26-28-86(29-27-85)36-18-20-39-46(33-36)80-50(78-39)35-17-19-38-45(32-35)79-49(77-38)34-9-2-10-37(31-34)93-30-8-16-47(87)76-41(12-4-22-72-56(63)64)51(89)82-43(14-6-24-74-58(67)68)53(91)84-44(15-7-25-75-59(69)70)54(92)83-42(13-5-23-73-57(65)66)52(90)81-40(48(60)88)11-3-21-71-55(61)62/h2,9-10,17-20,31-33,40-44H,3-8,11-16,21-30H2,1H3,(H2,60,88)(H,76,87)(H,77,79)(H,78,80)(H,81,90)(H,82,89)(H,83,92)(H,84,91)(H4,61,62,71)(H4,63,64,72)(H4,65,66,73)(H4,67,68,74)(H4,69,70,75). The van der Waals surface area contributed by atoms with Crippen molar-refractivity contribution in [3.8, 4) is 28.5 Å². The molecule has 5 atom stereocenters. The van der Waals surface area contributed by atoms with Crippen molar-refractivity contribution >= 4 is 93.0 Å². The van der Waals surface area contributed by atoms with Gasteiger partial charge in [0.2, 0.25) is 35.4 Å². The Balaban J connectivity index is 1.11. The van der Waals surface area contributed by atoms with Gasteiger partial charge in [-0.25, -0.2) is 9.97 Å². The molecule has 5 aromatic rings. The fourth-order valence-electron chi connectivity index (χ4n) is 10.1. The van der Waals surface area contributed by atoms with Gasteiger partial charge in [0.15, 0.2) is 29.8 Å². The summed E-state index contributed by atoms with van der Waals surface area (Å²) < 4.78 is 6.11. The molecule has 34 heteroatoms. The smallest absolute Gasteiger partial charge is 0.243 e. The lowest BCUT2D eigenvalue weighted by Crippen LogP contribution is -2.59. The molecule has 0 radical (unpaired) electrons. The number of fused-ring (bicyclic) bond motifs is 2. The van der Waals surface area contributed by atoms with Crippen molar-refractivity contribution < 1.29 is 33.5 Å². The van der Waals surface area contributed by atoms with E-state index < -0.39 is 65.7 Å². The number of nitrogens with two attached hydrogens (primary N) is 11. The maximum absolute atomic E-state index is 14.5. The minimum atomic E-state index is -1.38. The molecule has 34 nitrogen and oxygen atoms in total. The first-order valence-corrected chi connectivity index (χ1v) is 30.8. The van der Waals surface area contributed by atoms with Crippen LogP contribution >= 0.6 is 0 Å². The fraction of sp³-hybridized carbons (Fsp3) is 0.475. The van der Waals surface area contributed by atoms with Crippen LogP contribution in [0.1, 0.15) is 77.0 Å². The second-order valence-electron chi connectivity index (χ2n) is 22.4. The van der Waals surface area contributed by atoms with E-state index in [1.807, 2.05) is 36.4 Å². The predicted octanol–water partition coefficient (Wildman–Crippen LogP) is -3.14. The van der Waals surface area contributed by atoms with Crippen LogP contribution in [0.5, 0.6) is 5.75 Å². The van der Waals surface area contributed by atoms with Gasteiger partial charge in [-0.1, -0.05) is 12.1 Å². The Morgan fingerprint density at radius 1 is 0.484 bits per heavy atom. The van der Waals surface area contributed by atoms with Crippen LogP contribution in [0.2, 0.25) is 0 Å². The van der Waals surface area contributed by atoms with E-state index in [2.05, 4.69) is 96.6 Å². The molecule has 6 amide bonds. The Labute approximate surface area is 538 Å². The zero-order valence-electron chi connectivity index (χ0n) is 52.5. The molecule has 1 fully saturated rings. The molecule has 3 heterocycles.